The average Bonchev–Trinajstić information content (AvgIpc) is 2.49. The van der Waals surface area contributed by atoms with Crippen molar-refractivity contribution in [1.82, 2.24) is 5.32 Å². The molecule has 0 atom stereocenters. The van der Waals surface area contributed by atoms with Crippen molar-refractivity contribution < 1.29 is 0 Å². The van der Waals surface area contributed by atoms with Gasteiger partial charge in [-0.3, -0.25) is 0 Å². The fourth-order valence-electron chi connectivity index (χ4n) is 1.63. The highest BCUT2D eigenvalue weighted by molar-refractivity contribution is 7.20. The third kappa shape index (κ3) is 6.66. The zero-order valence-electron chi connectivity index (χ0n) is 10.8. The van der Waals surface area contributed by atoms with Gasteiger partial charge in [-0.1, -0.05) is 29.6 Å². The quantitative estimate of drug-likeness (QED) is 0.715. The van der Waals surface area contributed by atoms with Gasteiger partial charge in [-0.15, -0.1) is 11.3 Å². The Morgan fingerprint density at radius 3 is 2.41 bits per heavy atom. The van der Waals surface area contributed by atoms with E-state index in [9.17, 15) is 0 Å². The lowest BCUT2D eigenvalue weighted by Crippen LogP contribution is -2.36. The molecule has 1 N–H and O–H groups in total. The lowest BCUT2D eigenvalue weighted by Gasteiger charge is -2.20. The highest BCUT2D eigenvalue weighted by Gasteiger charge is 2.08. The first-order valence-corrected chi connectivity index (χ1v) is 7.64. The van der Waals surface area contributed by atoms with E-state index in [2.05, 4.69) is 26.1 Å². The van der Waals surface area contributed by atoms with Crippen molar-refractivity contribution in [3.8, 4) is 0 Å². The molecule has 1 aromatic rings. The maximum Gasteiger partial charge on any atom is 0.0976 e. The third-order valence-electron chi connectivity index (χ3n) is 2.51. The van der Waals surface area contributed by atoms with Crippen LogP contribution in [0.1, 0.15) is 45.6 Å². The van der Waals surface area contributed by atoms with E-state index in [1.54, 1.807) is 0 Å². The van der Waals surface area contributed by atoms with Crippen molar-refractivity contribution in [2.45, 2.75) is 52.0 Å². The van der Waals surface area contributed by atoms with Gasteiger partial charge in [0, 0.05) is 5.54 Å². The van der Waals surface area contributed by atoms with Crippen molar-refractivity contribution in [2.75, 3.05) is 6.54 Å². The van der Waals surface area contributed by atoms with Crippen molar-refractivity contribution in [2.24, 2.45) is 0 Å². The van der Waals surface area contributed by atoms with Gasteiger partial charge < -0.3 is 5.32 Å². The van der Waals surface area contributed by atoms with E-state index in [1.807, 2.05) is 6.07 Å². The summed E-state index contributed by atoms with van der Waals surface area (Å²) in [5, 5.41) is 3.49. The van der Waals surface area contributed by atoms with E-state index in [4.69, 9.17) is 23.2 Å². The van der Waals surface area contributed by atoms with E-state index in [0.29, 0.717) is 0 Å². The first-order valence-electron chi connectivity index (χ1n) is 6.07. The molecule has 98 valence electrons. The fourth-order valence-corrected chi connectivity index (χ4v) is 3.17. The van der Waals surface area contributed by atoms with E-state index in [1.165, 1.54) is 36.2 Å². The van der Waals surface area contributed by atoms with Crippen LogP contribution in [0.3, 0.4) is 0 Å². The molecular weight excluding hydrogens is 273 g/mol. The number of aryl methyl sites for hydroxylation is 1. The van der Waals surface area contributed by atoms with Crippen molar-refractivity contribution in [3.05, 3.63) is 20.3 Å². The number of halogens is 2. The lowest BCUT2D eigenvalue weighted by atomic mass is 10.1. The van der Waals surface area contributed by atoms with Crippen LogP contribution in [0.15, 0.2) is 6.07 Å². The summed E-state index contributed by atoms with van der Waals surface area (Å²) in [4.78, 5) is 0. The molecule has 0 saturated carbocycles. The summed E-state index contributed by atoms with van der Waals surface area (Å²) in [6.07, 6.45) is 4.66. The second kappa shape index (κ2) is 6.98. The van der Waals surface area contributed by atoms with Gasteiger partial charge in [-0.05, 0) is 58.2 Å². The number of hydrogen-bond donors (Lipinski definition) is 1. The van der Waals surface area contributed by atoms with Crippen LogP contribution in [0.2, 0.25) is 8.67 Å². The molecule has 0 spiro atoms. The normalized spacial score (nSPS) is 12.1. The Hall–Kier alpha value is 0.240. The topological polar surface area (TPSA) is 12.0 Å². The Kier molecular flexibility index (Phi) is 6.28. The molecule has 0 saturated heterocycles. The van der Waals surface area contributed by atoms with Gasteiger partial charge in [-0.2, -0.15) is 0 Å². The summed E-state index contributed by atoms with van der Waals surface area (Å²) in [6.45, 7) is 7.67. The van der Waals surface area contributed by atoms with Gasteiger partial charge in [0.2, 0.25) is 0 Å². The van der Waals surface area contributed by atoms with Crippen LogP contribution in [0.5, 0.6) is 0 Å². The fraction of sp³-hybridized carbons (Fsp3) is 0.692. The maximum atomic E-state index is 6.07. The molecule has 0 aliphatic carbocycles. The molecule has 0 unspecified atom stereocenters. The summed E-state index contributed by atoms with van der Waals surface area (Å²) in [7, 11) is 0. The summed E-state index contributed by atoms with van der Waals surface area (Å²) in [5.74, 6) is 0. The molecule has 1 heterocycles. The number of thiophene rings is 1. The monoisotopic (exact) mass is 293 g/mol. The van der Waals surface area contributed by atoms with E-state index >= 15 is 0 Å². The first kappa shape index (κ1) is 15.3. The molecule has 0 aromatic carbocycles. The lowest BCUT2D eigenvalue weighted by molar-refractivity contribution is 0.417. The Labute approximate surface area is 119 Å². The second-order valence-electron chi connectivity index (χ2n) is 5.34. The van der Waals surface area contributed by atoms with Crippen LogP contribution < -0.4 is 5.32 Å². The van der Waals surface area contributed by atoms with Gasteiger partial charge in [-0.25, -0.2) is 0 Å². The van der Waals surface area contributed by atoms with Crippen LogP contribution in [-0.4, -0.2) is 12.1 Å². The SMILES string of the molecule is CC(C)(C)NCCCCCc1cc(Cl)sc1Cl. The highest BCUT2D eigenvalue weighted by atomic mass is 35.5. The standard InChI is InChI=1S/C13H21Cl2NS/c1-13(2,3)16-8-6-4-5-7-10-9-11(14)17-12(10)15/h9,16H,4-8H2,1-3H3. The zero-order valence-corrected chi connectivity index (χ0v) is 13.1. The Balaban J connectivity index is 2.11. The van der Waals surface area contributed by atoms with Crippen molar-refractivity contribution in [3.63, 3.8) is 0 Å². The number of rotatable bonds is 6. The molecule has 17 heavy (non-hydrogen) atoms. The minimum atomic E-state index is 0.226. The molecular formula is C13H21Cl2NS. The molecule has 1 nitrogen and oxygen atoms in total. The molecule has 1 rings (SSSR count). The van der Waals surface area contributed by atoms with Gasteiger partial charge in [0.05, 0.1) is 8.67 Å². The minimum absolute atomic E-state index is 0.226. The molecule has 0 bridgehead atoms. The van der Waals surface area contributed by atoms with E-state index in [-0.39, 0.29) is 5.54 Å². The number of unbranched alkanes of at least 4 members (excludes halogenated alkanes) is 2. The van der Waals surface area contributed by atoms with Gasteiger partial charge in [0.15, 0.2) is 0 Å². The molecule has 0 aliphatic rings. The van der Waals surface area contributed by atoms with Crippen LogP contribution >= 0.6 is 34.5 Å². The zero-order chi connectivity index (χ0) is 12.9. The largest absolute Gasteiger partial charge is 0.312 e. The molecule has 0 amide bonds. The Bertz CT molecular complexity index is 342. The van der Waals surface area contributed by atoms with Crippen LogP contribution in [0.4, 0.5) is 0 Å². The summed E-state index contributed by atoms with van der Waals surface area (Å²) in [6, 6.07) is 1.99. The Morgan fingerprint density at radius 2 is 1.88 bits per heavy atom. The van der Waals surface area contributed by atoms with E-state index in [0.717, 1.165) is 21.6 Å². The predicted molar refractivity (Wildman–Crippen MR) is 79.6 cm³/mol. The maximum absolute atomic E-state index is 6.07. The van der Waals surface area contributed by atoms with Gasteiger partial charge in [0.1, 0.15) is 0 Å². The van der Waals surface area contributed by atoms with Gasteiger partial charge >= 0.3 is 0 Å². The summed E-state index contributed by atoms with van der Waals surface area (Å²) in [5.41, 5.74) is 1.43. The number of nitrogens with one attached hydrogen (secondary N) is 1. The number of hydrogen-bond acceptors (Lipinski definition) is 2. The third-order valence-corrected chi connectivity index (χ3v) is 4.07. The second-order valence-corrected chi connectivity index (χ2v) is 7.62. The van der Waals surface area contributed by atoms with Crippen molar-refractivity contribution >= 4 is 34.5 Å². The predicted octanol–water partition coefficient (Wildman–Crippen LogP) is 5.16. The van der Waals surface area contributed by atoms with Crippen molar-refractivity contribution in [1.29, 1.82) is 0 Å². The molecule has 4 heteroatoms. The Morgan fingerprint density at radius 1 is 1.18 bits per heavy atom. The molecule has 1 aromatic heterocycles. The summed E-state index contributed by atoms with van der Waals surface area (Å²) < 4.78 is 1.64. The minimum Gasteiger partial charge on any atom is -0.312 e. The first-order chi connectivity index (χ1) is 7.88. The molecule has 0 fully saturated rings. The van der Waals surface area contributed by atoms with Gasteiger partial charge in [0.25, 0.3) is 0 Å². The average molecular weight is 294 g/mol. The van der Waals surface area contributed by atoms with Crippen LogP contribution in [0, 0.1) is 0 Å². The summed E-state index contributed by atoms with van der Waals surface area (Å²) >= 11 is 13.4. The van der Waals surface area contributed by atoms with Crippen LogP contribution in [0.25, 0.3) is 0 Å². The highest BCUT2D eigenvalue weighted by Crippen LogP contribution is 2.32. The van der Waals surface area contributed by atoms with Crippen LogP contribution in [-0.2, 0) is 6.42 Å². The molecule has 0 aliphatic heterocycles. The molecule has 0 radical (unpaired) electrons. The smallest absolute Gasteiger partial charge is 0.0976 e. The van der Waals surface area contributed by atoms with E-state index < -0.39 is 0 Å².